The fourth-order valence-electron chi connectivity index (χ4n) is 12.1. The smallest absolute Gasteiger partial charge is 0.0547 e. The lowest BCUT2D eigenvalue weighted by molar-refractivity contribution is 1.18. The summed E-state index contributed by atoms with van der Waals surface area (Å²) in [6.45, 7) is 0. The maximum atomic E-state index is 2.49. The Bertz CT molecular complexity index is 4930. The van der Waals surface area contributed by atoms with Gasteiger partial charge >= 0.3 is 0 Å². The van der Waals surface area contributed by atoms with Crippen molar-refractivity contribution in [1.29, 1.82) is 0 Å². The molecule has 16 aromatic rings. The van der Waals surface area contributed by atoms with Gasteiger partial charge in [-0.05, 0) is 136 Å². The predicted octanol–water partition coefficient (Wildman–Crippen LogP) is 20.1. The number of aromatic nitrogens is 2. The molecular formula is C68H41N3S2. The number of para-hydroxylation sites is 2. The molecule has 0 atom stereocenters. The Morgan fingerprint density at radius 3 is 1.59 bits per heavy atom. The number of hydrogen-bond acceptors (Lipinski definition) is 3. The number of nitrogens with zero attached hydrogens (tertiary/aromatic N) is 3. The standard InChI is InChI=1S/C68H41N3S2/c1-2-17-45(18-3-1)70-58-24-10-8-20-51(58)56-39-47(32-36-59(56)70)69(49-31-34-55-65(41-49)73-64-27-13-23-53(68(55)64)52-22-12-26-63-67(52)54-21-9-11-25-62(54)72-63)48-33-37-60-57(40-48)66-50-19-7-6-15-43(50)29-35-61(66)71(60)46-30-28-42-14-4-5-16-44(42)38-46/h1-41H. The minimum Gasteiger partial charge on any atom is -0.310 e. The molecule has 16 rings (SSSR count). The molecule has 0 fully saturated rings. The minimum absolute atomic E-state index is 1.10. The van der Waals surface area contributed by atoms with Crippen molar-refractivity contribution in [3.05, 3.63) is 249 Å². The number of fused-ring (bicyclic) bond motifs is 15. The zero-order valence-electron chi connectivity index (χ0n) is 39.3. The van der Waals surface area contributed by atoms with Crippen LogP contribution in [0.5, 0.6) is 0 Å². The predicted molar refractivity (Wildman–Crippen MR) is 316 cm³/mol. The fourth-order valence-corrected chi connectivity index (χ4v) is 14.4. The molecule has 0 N–H and O–H groups in total. The van der Waals surface area contributed by atoms with Crippen LogP contribution in [0.1, 0.15) is 0 Å². The van der Waals surface area contributed by atoms with Gasteiger partial charge in [0.1, 0.15) is 0 Å². The lowest BCUT2D eigenvalue weighted by Crippen LogP contribution is -2.10. The molecule has 0 aliphatic rings. The lowest BCUT2D eigenvalue weighted by Gasteiger charge is -2.26. The highest BCUT2D eigenvalue weighted by Crippen LogP contribution is 2.49. The van der Waals surface area contributed by atoms with Crippen LogP contribution in [-0.2, 0) is 0 Å². The summed E-state index contributed by atoms with van der Waals surface area (Å²) in [5.74, 6) is 0. The zero-order valence-corrected chi connectivity index (χ0v) is 41.0. The summed E-state index contributed by atoms with van der Waals surface area (Å²) >= 11 is 3.77. The molecular weight excluding hydrogens is 923 g/mol. The molecule has 4 aromatic heterocycles. The molecule has 12 aromatic carbocycles. The first kappa shape index (κ1) is 40.7. The van der Waals surface area contributed by atoms with Gasteiger partial charge in [-0.1, -0.05) is 146 Å². The minimum atomic E-state index is 1.10. The number of rotatable bonds is 6. The van der Waals surface area contributed by atoms with E-state index in [2.05, 4.69) is 263 Å². The van der Waals surface area contributed by atoms with Crippen LogP contribution in [0.4, 0.5) is 17.1 Å². The number of benzene rings is 12. The third-order valence-electron chi connectivity index (χ3n) is 15.2. The number of hydrogen-bond donors (Lipinski definition) is 0. The van der Waals surface area contributed by atoms with Gasteiger partial charge in [0.25, 0.3) is 0 Å². The Morgan fingerprint density at radius 1 is 0.260 bits per heavy atom. The molecule has 0 bridgehead atoms. The summed E-state index contributed by atoms with van der Waals surface area (Å²) in [6.07, 6.45) is 0. The second kappa shape index (κ2) is 15.8. The third kappa shape index (κ3) is 6.10. The van der Waals surface area contributed by atoms with E-state index >= 15 is 0 Å². The van der Waals surface area contributed by atoms with E-state index in [0.29, 0.717) is 0 Å². The molecule has 5 heteroatoms. The Balaban J connectivity index is 0.948. The van der Waals surface area contributed by atoms with Crippen LogP contribution >= 0.6 is 22.7 Å². The summed E-state index contributed by atoms with van der Waals surface area (Å²) in [6, 6.07) is 92.4. The van der Waals surface area contributed by atoms with E-state index in [4.69, 9.17) is 0 Å². The molecule has 3 nitrogen and oxygen atoms in total. The Labute approximate surface area is 427 Å². The van der Waals surface area contributed by atoms with Crippen LogP contribution in [0.25, 0.3) is 128 Å². The summed E-state index contributed by atoms with van der Waals surface area (Å²) in [5, 5.41) is 15.1. The highest BCUT2D eigenvalue weighted by atomic mass is 32.1. The molecule has 0 saturated carbocycles. The van der Waals surface area contributed by atoms with Crippen LogP contribution < -0.4 is 4.90 Å². The van der Waals surface area contributed by atoms with Gasteiger partial charge in [0, 0.05) is 90.3 Å². The van der Waals surface area contributed by atoms with E-state index in [-0.39, 0.29) is 0 Å². The van der Waals surface area contributed by atoms with Gasteiger partial charge in [0.05, 0.1) is 22.1 Å². The molecule has 0 radical (unpaired) electrons. The summed E-state index contributed by atoms with van der Waals surface area (Å²) < 4.78 is 10.1. The Hall–Kier alpha value is -9.00. The van der Waals surface area contributed by atoms with Gasteiger partial charge < -0.3 is 14.0 Å². The monoisotopic (exact) mass is 963 g/mol. The molecule has 0 aliphatic carbocycles. The fraction of sp³-hybridized carbons (Fsp3) is 0. The topological polar surface area (TPSA) is 13.1 Å². The largest absolute Gasteiger partial charge is 0.310 e. The van der Waals surface area contributed by atoms with E-state index in [1.54, 1.807) is 0 Å². The van der Waals surface area contributed by atoms with Gasteiger partial charge in [-0.2, -0.15) is 0 Å². The third-order valence-corrected chi connectivity index (χ3v) is 17.5. The van der Waals surface area contributed by atoms with Crippen molar-refractivity contribution in [2.75, 3.05) is 4.90 Å². The van der Waals surface area contributed by atoms with Crippen molar-refractivity contribution in [1.82, 2.24) is 9.13 Å². The average Bonchev–Trinajstić information content (AvgIpc) is 4.21. The molecule has 0 aliphatic heterocycles. The van der Waals surface area contributed by atoms with Crippen molar-refractivity contribution in [2.24, 2.45) is 0 Å². The highest BCUT2D eigenvalue weighted by molar-refractivity contribution is 7.26. The van der Waals surface area contributed by atoms with Crippen molar-refractivity contribution >= 4 is 145 Å². The van der Waals surface area contributed by atoms with Gasteiger partial charge in [0.2, 0.25) is 0 Å². The van der Waals surface area contributed by atoms with Crippen LogP contribution in [0.15, 0.2) is 249 Å². The zero-order chi connectivity index (χ0) is 47.7. The highest BCUT2D eigenvalue weighted by Gasteiger charge is 2.23. The van der Waals surface area contributed by atoms with E-state index in [1.807, 2.05) is 22.7 Å². The molecule has 0 amide bonds. The van der Waals surface area contributed by atoms with Crippen molar-refractivity contribution in [2.45, 2.75) is 0 Å². The normalized spacial score (nSPS) is 12.1. The SMILES string of the molecule is c1ccc(-n2c3ccccc3c3cc(N(c4ccc5c(c4)sc4cccc(-c6cccc7sc8ccccc8c67)c45)c4ccc5c(c4)c4c6ccccc6ccc4n5-c4ccc5ccccc5c4)ccc32)cc1. The van der Waals surface area contributed by atoms with Crippen molar-refractivity contribution < 1.29 is 0 Å². The van der Waals surface area contributed by atoms with Gasteiger partial charge in [-0.15, -0.1) is 22.7 Å². The molecule has 0 saturated heterocycles. The van der Waals surface area contributed by atoms with Gasteiger partial charge in [0.15, 0.2) is 0 Å². The Kier molecular flexibility index (Phi) is 8.78. The Morgan fingerprint density at radius 2 is 0.795 bits per heavy atom. The molecule has 0 unspecified atom stereocenters. The number of anilines is 3. The first-order valence-electron chi connectivity index (χ1n) is 24.9. The van der Waals surface area contributed by atoms with Crippen molar-refractivity contribution in [3.63, 3.8) is 0 Å². The van der Waals surface area contributed by atoms with Crippen LogP contribution in [-0.4, -0.2) is 9.13 Å². The van der Waals surface area contributed by atoms with Gasteiger partial charge in [-0.25, -0.2) is 0 Å². The van der Waals surface area contributed by atoms with E-state index in [0.717, 1.165) is 28.4 Å². The average molecular weight is 964 g/mol. The second-order valence-electron chi connectivity index (χ2n) is 19.2. The van der Waals surface area contributed by atoms with Crippen LogP contribution in [0, 0.1) is 0 Å². The van der Waals surface area contributed by atoms with E-state index < -0.39 is 0 Å². The van der Waals surface area contributed by atoms with E-state index in [9.17, 15) is 0 Å². The van der Waals surface area contributed by atoms with Crippen LogP contribution in [0.3, 0.4) is 0 Å². The summed E-state index contributed by atoms with van der Waals surface area (Å²) in [7, 11) is 0. The lowest BCUT2D eigenvalue weighted by atomic mass is 9.95. The van der Waals surface area contributed by atoms with Crippen LogP contribution in [0.2, 0.25) is 0 Å². The van der Waals surface area contributed by atoms with Crippen molar-refractivity contribution in [3.8, 4) is 22.5 Å². The maximum Gasteiger partial charge on any atom is 0.0547 e. The molecule has 4 heterocycles. The summed E-state index contributed by atoms with van der Waals surface area (Å²) in [5.41, 5.74) is 12.9. The second-order valence-corrected chi connectivity index (χ2v) is 21.4. The molecule has 340 valence electrons. The first-order valence-corrected chi connectivity index (χ1v) is 26.5. The van der Waals surface area contributed by atoms with E-state index in [1.165, 1.54) is 117 Å². The number of thiophene rings is 2. The quantitative estimate of drug-likeness (QED) is 0.162. The molecule has 73 heavy (non-hydrogen) atoms. The maximum absolute atomic E-state index is 2.49. The van der Waals surface area contributed by atoms with Gasteiger partial charge in [-0.3, -0.25) is 0 Å². The summed E-state index contributed by atoms with van der Waals surface area (Å²) in [4.78, 5) is 2.49. The molecule has 0 spiro atoms. The first-order chi connectivity index (χ1) is 36.2.